The molecule has 5 atom stereocenters. The Balaban J connectivity index is 1.85. The number of urea groups is 1. The SMILES string of the molecule is C=CCNC(=O)C(=O)[C@@H]1CCCCCCCCC[C@H](NC(=O)N[C@H](C(=O)C2CC2)C(C)C)C(=O)N2C[C@H](CC(C)C)C[C@H]2C(=O)N1. The molecule has 0 aromatic carbocycles. The van der Waals surface area contributed by atoms with E-state index in [4.69, 9.17) is 0 Å². The van der Waals surface area contributed by atoms with Gasteiger partial charge in [0, 0.05) is 19.0 Å². The van der Waals surface area contributed by atoms with Gasteiger partial charge in [0.2, 0.25) is 17.6 Å². The van der Waals surface area contributed by atoms with Gasteiger partial charge < -0.3 is 26.2 Å². The van der Waals surface area contributed by atoms with Crippen LogP contribution in [0.3, 0.4) is 0 Å². The molecule has 1 saturated carbocycles. The van der Waals surface area contributed by atoms with Gasteiger partial charge in [-0.15, -0.1) is 6.58 Å². The molecule has 46 heavy (non-hydrogen) atoms. The maximum absolute atomic E-state index is 14.2. The van der Waals surface area contributed by atoms with Crippen LogP contribution in [-0.4, -0.2) is 77.5 Å². The minimum atomic E-state index is -0.997. The fraction of sp³-hybridized carbons (Fsp3) is 0.771. The first-order valence-electron chi connectivity index (χ1n) is 17.6. The monoisotopic (exact) mass is 643 g/mol. The topological polar surface area (TPSA) is 154 Å². The molecule has 0 bridgehead atoms. The summed E-state index contributed by atoms with van der Waals surface area (Å²) in [4.78, 5) is 81.6. The van der Waals surface area contributed by atoms with Gasteiger partial charge in [0.15, 0.2) is 5.78 Å². The van der Waals surface area contributed by atoms with Gasteiger partial charge in [-0.25, -0.2) is 4.79 Å². The highest BCUT2D eigenvalue weighted by Crippen LogP contribution is 2.32. The lowest BCUT2D eigenvalue weighted by atomic mass is 9.94. The quantitative estimate of drug-likeness (QED) is 0.198. The summed E-state index contributed by atoms with van der Waals surface area (Å²) in [5, 5.41) is 11.1. The number of nitrogens with one attached hydrogen (secondary N) is 4. The Morgan fingerprint density at radius 1 is 0.935 bits per heavy atom. The highest BCUT2D eigenvalue weighted by atomic mass is 16.2. The van der Waals surface area contributed by atoms with Crippen molar-refractivity contribution in [1.82, 2.24) is 26.2 Å². The van der Waals surface area contributed by atoms with E-state index < -0.39 is 47.8 Å². The summed E-state index contributed by atoms with van der Waals surface area (Å²) in [7, 11) is 0. The summed E-state index contributed by atoms with van der Waals surface area (Å²) in [5.74, 6) is -1.92. The Kier molecular flexibility index (Phi) is 14.7. The van der Waals surface area contributed by atoms with E-state index in [1.54, 1.807) is 4.90 Å². The lowest BCUT2D eigenvalue weighted by Gasteiger charge is -2.30. The van der Waals surface area contributed by atoms with Crippen LogP contribution in [0.25, 0.3) is 0 Å². The number of hydrogen-bond donors (Lipinski definition) is 4. The summed E-state index contributed by atoms with van der Waals surface area (Å²) in [6, 6.07) is -3.89. The van der Waals surface area contributed by atoms with Gasteiger partial charge in [0.25, 0.3) is 5.91 Å². The molecule has 3 rings (SSSR count). The van der Waals surface area contributed by atoms with E-state index in [9.17, 15) is 28.8 Å². The molecule has 5 amide bonds. The van der Waals surface area contributed by atoms with Crippen LogP contribution in [0, 0.1) is 23.7 Å². The minimum absolute atomic E-state index is 0.0116. The fourth-order valence-corrected chi connectivity index (χ4v) is 6.77. The average Bonchev–Trinajstić information content (AvgIpc) is 3.78. The highest BCUT2D eigenvalue weighted by molar-refractivity contribution is 6.38. The van der Waals surface area contributed by atoms with Crippen LogP contribution in [0.4, 0.5) is 4.79 Å². The predicted octanol–water partition coefficient (Wildman–Crippen LogP) is 3.80. The van der Waals surface area contributed by atoms with E-state index in [1.807, 2.05) is 13.8 Å². The van der Waals surface area contributed by atoms with Crippen LogP contribution < -0.4 is 21.3 Å². The molecule has 11 nitrogen and oxygen atoms in total. The first-order chi connectivity index (χ1) is 21.9. The predicted molar refractivity (Wildman–Crippen MR) is 177 cm³/mol. The molecule has 3 aliphatic rings. The maximum atomic E-state index is 14.2. The number of rotatable bonds is 11. The Hall–Kier alpha value is -3.24. The molecule has 4 N–H and O–H groups in total. The lowest BCUT2D eigenvalue weighted by molar-refractivity contribution is -0.142. The van der Waals surface area contributed by atoms with Crippen LogP contribution in [0.15, 0.2) is 12.7 Å². The van der Waals surface area contributed by atoms with Crippen molar-refractivity contribution >= 4 is 35.3 Å². The van der Waals surface area contributed by atoms with Crippen molar-refractivity contribution in [3.05, 3.63) is 12.7 Å². The van der Waals surface area contributed by atoms with Crippen LogP contribution in [-0.2, 0) is 24.0 Å². The van der Waals surface area contributed by atoms with Gasteiger partial charge in [-0.2, -0.15) is 0 Å². The van der Waals surface area contributed by atoms with Crippen LogP contribution in [0.2, 0.25) is 0 Å². The Morgan fingerprint density at radius 3 is 2.15 bits per heavy atom. The Morgan fingerprint density at radius 2 is 1.57 bits per heavy atom. The summed E-state index contributed by atoms with van der Waals surface area (Å²) in [6.07, 6.45) is 11.3. The van der Waals surface area contributed by atoms with E-state index in [1.165, 1.54) is 6.08 Å². The van der Waals surface area contributed by atoms with E-state index >= 15 is 0 Å². The zero-order chi connectivity index (χ0) is 33.8. The largest absolute Gasteiger partial charge is 0.346 e. The van der Waals surface area contributed by atoms with Crippen molar-refractivity contribution in [2.75, 3.05) is 13.1 Å². The molecule has 0 spiro atoms. The number of Topliss-reactive ketones (excluding diaryl/α,β-unsaturated/α-hetero) is 2. The molecule has 11 heteroatoms. The molecule has 0 radical (unpaired) electrons. The Labute approximate surface area is 274 Å². The summed E-state index contributed by atoms with van der Waals surface area (Å²) < 4.78 is 0. The third-order valence-electron chi connectivity index (χ3n) is 9.37. The average molecular weight is 644 g/mol. The number of ketones is 2. The molecule has 0 aromatic rings. The molecule has 1 aliphatic carbocycles. The molecule has 258 valence electrons. The van der Waals surface area contributed by atoms with E-state index in [2.05, 4.69) is 41.7 Å². The van der Waals surface area contributed by atoms with Crippen molar-refractivity contribution in [1.29, 1.82) is 0 Å². The second kappa shape index (κ2) is 18.2. The van der Waals surface area contributed by atoms with Gasteiger partial charge >= 0.3 is 6.03 Å². The molecule has 2 aliphatic heterocycles. The molecule has 2 saturated heterocycles. The summed E-state index contributed by atoms with van der Waals surface area (Å²) in [5.41, 5.74) is 0. The van der Waals surface area contributed by atoms with Crippen molar-refractivity contribution in [2.24, 2.45) is 23.7 Å². The standard InChI is InChI=1S/C35H57N5O6/c1-6-18-36-33(44)31(42)26-14-12-10-8-7-9-11-13-15-27(38-35(46)39-29(23(4)5)30(41)25-16-17-25)34(45)40-21-24(19-22(2)3)20-28(40)32(43)37-26/h6,22-29H,1,7-21H2,2-5H3,(H,36,44)(H,37,43)(H2,38,39,46)/t24-,26+,27+,28+,29+/m1/s1. The van der Waals surface area contributed by atoms with E-state index in [0.29, 0.717) is 38.1 Å². The molecule has 3 fully saturated rings. The molecular formula is C35H57N5O6. The number of nitrogens with zero attached hydrogens (tertiary/aromatic N) is 1. The number of carbonyl (C=O) groups is 6. The molecule has 2 heterocycles. The summed E-state index contributed by atoms with van der Waals surface area (Å²) >= 11 is 0. The zero-order valence-corrected chi connectivity index (χ0v) is 28.4. The lowest BCUT2D eigenvalue weighted by Crippen LogP contribution is -2.58. The smallest absolute Gasteiger partial charge is 0.316 e. The normalized spacial score (nSPS) is 25.7. The number of carbonyl (C=O) groups excluding carboxylic acids is 6. The van der Waals surface area contributed by atoms with Crippen molar-refractivity contribution in [2.45, 2.75) is 135 Å². The maximum Gasteiger partial charge on any atom is 0.316 e. The fourth-order valence-electron chi connectivity index (χ4n) is 6.77. The highest BCUT2D eigenvalue weighted by Gasteiger charge is 2.43. The third kappa shape index (κ3) is 11.2. The van der Waals surface area contributed by atoms with Gasteiger partial charge in [0.05, 0.1) is 12.1 Å². The Bertz CT molecular complexity index is 1100. The summed E-state index contributed by atoms with van der Waals surface area (Å²) in [6.45, 7) is 12.1. The van der Waals surface area contributed by atoms with Crippen molar-refractivity contribution < 1.29 is 28.8 Å². The first kappa shape index (κ1) is 37.2. The van der Waals surface area contributed by atoms with Crippen molar-refractivity contribution in [3.8, 4) is 0 Å². The van der Waals surface area contributed by atoms with Gasteiger partial charge in [-0.3, -0.25) is 24.0 Å². The second-order valence-electron chi connectivity index (χ2n) is 14.3. The zero-order valence-electron chi connectivity index (χ0n) is 28.4. The van der Waals surface area contributed by atoms with Gasteiger partial charge in [-0.1, -0.05) is 78.7 Å². The first-order valence-corrected chi connectivity index (χ1v) is 17.6. The number of amides is 5. The van der Waals surface area contributed by atoms with Gasteiger partial charge in [0.1, 0.15) is 12.1 Å². The van der Waals surface area contributed by atoms with Crippen LogP contribution >= 0.6 is 0 Å². The third-order valence-corrected chi connectivity index (χ3v) is 9.37. The van der Waals surface area contributed by atoms with Gasteiger partial charge in [-0.05, 0) is 56.3 Å². The van der Waals surface area contributed by atoms with Crippen molar-refractivity contribution in [3.63, 3.8) is 0 Å². The van der Waals surface area contributed by atoms with E-state index in [-0.39, 0.29) is 36.0 Å². The molecule has 0 aromatic heterocycles. The number of hydrogen-bond acceptors (Lipinski definition) is 6. The minimum Gasteiger partial charge on any atom is -0.346 e. The van der Waals surface area contributed by atoms with E-state index in [0.717, 1.165) is 57.8 Å². The number of fused-ring (bicyclic) bond motifs is 1. The molecule has 0 unspecified atom stereocenters. The van der Waals surface area contributed by atoms with Crippen LogP contribution in [0.5, 0.6) is 0 Å². The van der Waals surface area contributed by atoms with Crippen LogP contribution in [0.1, 0.15) is 111 Å². The second-order valence-corrected chi connectivity index (χ2v) is 14.3. The molecular weight excluding hydrogens is 586 g/mol.